The molecule has 2 aromatic heterocycles. The first-order chi connectivity index (χ1) is 8.33. The van der Waals surface area contributed by atoms with Crippen LogP contribution >= 0.6 is 15.9 Å². The number of imidazole rings is 1. The third-order valence-corrected chi connectivity index (χ3v) is 2.69. The van der Waals surface area contributed by atoms with Crippen LogP contribution in [-0.4, -0.2) is 19.9 Å². The predicted octanol–water partition coefficient (Wildman–Crippen LogP) is 2.91. The highest BCUT2D eigenvalue weighted by Gasteiger charge is 2.07. The first-order valence-corrected chi connectivity index (χ1v) is 5.70. The molecule has 3 rings (SSSR count). The molecule has 5 nitrogen and oxygen atoms in total. The van der Waals surface area contributed by atoms with Crippen molar-refractivity contribution in [3.05, 3.63) is 41.4 Å². The third kappa shape index (κ3) is 1.99. The molecule has 0 bridgehead atoms. The number of benzene rings is 1. The Labute approximate surface area is 105 Å². The van der Waals surface area contributed by atoms with E-state index in [0.717, 1.165) is 4.47 Å². The van der Waals surface area contributed by atoms with E-state index < -0.39 is 0 Å². The molecule has 0 saturated heterocycles. The molecule has 2 heterocycles. The highest BCUT2D eigenvalue weighted by molar-refractivity contribution is 9.10. The van der Waals surface area contributed by atoms with Crippen LogP contribution in [0, 0.1) is 0 Å². The minimum Gasteiger partial charge on any atom is -0.437 e. The Kier molecular flexibility index (Phi) is 2.49. The molecule has 0 amide bonds. The molecule has 0 spiro atoms. The van der Waals surface area contributed by atoms with Gasteiger partial charge >= 0.3 is 0 Å². The van der Waals surface area contributed by atoms with Crippen LogP contribution in [0.25, 0.3) is 11.2 Å². The molecule has 0 unspecified atom stereocenters. The Hall–Kier alpha value is -1.95. The summed E-state index contributed by atoms with van der Waals surface area (Å²) in [5, 5.41) is 0. The summed E-state index contributed by atoms with van der Waals surface area (Å²) < 4.78 is 6.63. The monoisotopic (exact) mass is 290 g/mol. The van der Waals surface area contributed by atoms with Gasteiger partial charge in [-0.1, -0.05) is 22.0 Å². The van der Waals surface area contributed by atoms with Gasteiger partial charge in [-0.3, -0.25) is 0 Å². The van der Waals surface area contributed by atoms with E-state index in [1.54, 1.807) is 6.33 Å². The molecular weight excluding hydrogens is 284 g/mol. The number of hydrogen-bond acceptors (Lipinski definition) is 4. The van der Waals surface area contributed by atoms with Crippen LogP contribution in [0.1, 0.15) is 0 Å². The zero-order valence-corrected chi connectivity index (χ0v) is 10.2. The van der Waals surface area contributed by atoms with Gasteiger partial charge in [0.2, 0.25) is 5.88 Å². The topological polar surface area (TPSA) is 63.7 Å². The number of aromatic nitrogens is 4. The summed E-state index contributed by atoms with van der Waals surface area (Å²) in [5.74, 6) is 1.17. The lowest BCUT2D eigenvalue weighted by atomic mass is 10.3. The maximum absolute atomic E-state index is 5.68. The van der Waals surface area contributed by atoms with Gasteiger partial charge in [-0.05, 0) is 18.2 Å². The number of nitrogens with one attached hydrogen (secondary N) is 1. The maximum Gasteiger partial charge on any atom is 0.248 e. The van der Waals surface area contributed by atoms with Crippen molar-refractivity contribution in [1.29, 1.82) is 0 Å². The fourth-order valence-corrected chi connectivity index (χ4v) is 1.84. The summed E-state index contributed by atoms with van der Waals surface area (Å²) in [6, 6.07) is 7.54. The lowest BCUT2D eigenvalue weighted by Crippen LogP contribution is -1.90. The number of fused-ring (bicyclic) bond motifs is 1. The third-order valence-electron chi connectivity index (χ3n) is 2.20. The Morgan fingerprint density at radius 1 is 1.18 bits per heavy atom. The van der Waals surface area contributed by atoms with Crippen molar-refractivity contribution in [3.8, 4) is 11.6 Å². The smallest absolute Gasteiger partial charge is 0.248 e. The van der Waals surface area contributed by atoms with Crippen LogP contribution in [0.15, 0.2) is 41.4 Å². The van der Waals surface area contributed by atoms with E-state index in [1.165, 1.54) is 6.33 Å². The summed E-state index contributed by atoms with van der Waals surface area (Å²) in [7, 11) is 0. The van der Waals surface area contributed by atoms with E-state index in [2.05, 4.69) is 35.9 Å². The number of aromatic amines is 1. The fourth-order valence-electron chi connectivity index (χ4n) is 1.46. The van der Waals surface area contributed by atoms with Gasteiger partial charge in [0.05, 0.1) is 6.33 Å². The largest absolute Gasteiger partial charge is 0.437 e. The average Bonchev–Trinajstić information content (AvgIpc) is 2.78. The second kappa shape index (κ2) is 4.14. The number of rotatable bonds is 2. The first-order valence-electron chi connectivity index (χ1n) is 4.90. The van der Waals surface area contributed by atoms with E-state index in [9.17, 15) is 0 Å². The van der Waals surface area contributed by atoms with Crippen LogP contribution in [-0.2, 0) is 0 Å². The van der Waals surface area contributed by atoms with Gasteiger partial charge in [-0.15, -0.1) is 0 Å². The van der Waals surface area contributed by atoms with Crippen LogP contribution in [0.2, 0.25) is 0 Å². The van der Waals surface area contributed by atoms with Gasteiger partial charge in [0.25, 0.3) is 0 Å². The first kappa shape index (κ1) is 10.2. The van der Waals surface area contributed by atoms with Gasteiger partial charge in [0.1, 0.15) is 17.6 Å². The normalized spacial score (nSPS) is 10.6. The van der Waals surface area contributed by atoms with E-state index in [1.807, 2.05) is 24.3 Å². The standard InChI is InChI=1S/C11H7BrN4O/c12-7-2-1-3-8(4-7)17-11-9-10(14-5-13-9)15-6-16-11/h1-6H,(H,13,14,15,16). The lowest BCUT2D eigenvalue weighted by Gasteiger charge is -2.04. The Morgan fingerprint density at radius 3 is 3.00 bits per heavy atom. The summed E-state index contributed by atoms with van der Waals surface area (Å²) in [6.45, 7) is 0. The van der Waals surface area contributed by atoms with Crippen molar-refractivity contribution in [2.45, 2.75) is 0 Å². The molecule has 6 heteroatoms. The van der Waals surface area contributed by atoms with Crippen molar-refractivity contribution < 1.29 is 4.74 Å². The molecule has 0 aliphatic rings. The Bertz CT molecular complexity index is 667. The second-order valence-electron chi connectivity index (χ2n) is 3.34. The number of ether oxygens (including phenoxy) is 1. The van der Waals surface area contributed by atoms with Crippen LogP contribution < -0.4 is 4.74 Å². The van der Waals surface area contributed by atoms with E-state index >= 15 is 0 Å². The zero-order valence-electron chi connectivity index (χ0n) is 8.59. The number of H-pyrrole nitrogens is 1. The van der Waals surface area contributed by atoms with Gasteiger partial charge in [0, 0.05) is 4.47 Å². The lowest BCUT2D eigenvalue weighted by molar-refractivity contribution is 0.467. The van der Waals surface area contributed by atoms with Gasteiger partial charge < -0.3 is 9.72 Å². The van der Waals surface area contributed by atoms with E-state index in [-0.39, 0.29) is 0 Å². The van der Waals surface area contributed by atoms with Gasteiger partial charge in [-0.25, -0.2) is 9.97 Å². The summed E-state index contributed by atoms with van der Waals surface area (Å²) in [4.78, 5) is 15.1. The van der Waals surface area contributed by atoms with E-state index in [0.29, 0.717) is 22.8 Å². The minimum atomic E-state index is 0.464. The molecule has 3 aromatic rings. The Morgan fingerprint density at radius 2 is 2.12 bits per heavy atom. The summed E-state index contributed by atoms with van der Waals surface area (Å²) in [6.07, 6.45) is 2.99. The van der Waals surface area contributed by atoms with Gasteiger partial charge in [0.15, 0.2) is 5.65 Å². The fraction of sp³-hybridized carbons (Fsp3) is 0. The summed E-state index contributed by atoms with van der Waals surface area (Å²) >= 11 is 3.38. The average molecular weight is 291 g/mol. The Balaban J connectivity index is 2.02. The molecule has 0 atom stereocenters. The van der Waals surface area contributed by atoms with Crippen molar-refractivity contribution in [1.82, 2.24) is 19.9 Å². The van der Waals surface area contributed by atoms with Crippen molar-refractivity contribution in [3.63, 3.8) is 0 Å². The molecule has 17 heavy (non-hydrogen) atoms. The van der Waals surface area contributed by atoms with Crippen molar-refractivity contribution in [2.75, 3.05) is 0 Å². The van der Waals surface area contributed by atoms with Crippen LogP contribution in [0.3, 0.4) is 0 Å². The zero-order chi connectivity index (χ0) is 11.7. The summed E-state index contributed by atoms with van der Waals surface area (Å²) in [5.41, 5.74) is 1.28. The number of hydrogen-bond donors (Lipinski definition) is 1. The molecule has 0 aliphatic carbocycles. The molecular formula is C11H7BrN4O. The molecule has 0 fully saturated rings. The van der Waals surface area contributed by atoms with Crippen molar-refractivity contribution in [2.24, 2.45) is 0 Å². The van der Waals surface area contributed by atoms with Gasteiger partial charge in [-0.2, -0.15) is 4.98 Å². The molecule has 84 valence electrons. The second-order valence-corrected chi connectivity index (χ2v) is 4.26. The van der Waals surface area contributed by atoms with Crippen molar-refractivity contribution >= 4 is 27.1 Å². The molecule has 0 aliphatic heterocycles. The molecule has 0 saturated carbocycles. The highest BCUT2D eigenvalue weighted by Crippen LogP contribution is 2.26. The maximum atomic E-state index is 5.68. The SMILES string of the molecule is Brc1cccc(Oc2ncnc3nc[nH]c23)c1. The molecule has 1 N–H and O–H groups in total. The molecule has 1 aromatic carbocycles. The van der Waals surface area contributed by atoms with Crippen LogP contribution in [0.5, 0.6) is 11.6 Å². The predicted molar refractivity (Wildman–Crippen MR) is 65.9 cm³/mol. The van der Waals surface area contributed by atoms with E-state index in [4.69, 9.17) is 4.74 Å². The quantitative estimate of drug-likeness (QED) is 0.788. The molecule has 0 radical (unpaired) electrons. The number of halogens is 1. The highest BCUT2D eigenvalue weighted by atomic mass is 79.9. The number of nitrogens with zero attached hydrogens (tertiary/aromatic N) is 3. The van der Waals surface area contributed by atoms with Crippen LogP contribution in [0.4, 0.5) is 0 Å². The minimum absolute atomic E-state index is 0.464.